The summed E-state index contributed by atoms with van der Waals surface area (Å²) in [7, 11) is 0. The third kappa shape index (κ3) is 8.70. The molecule has 45 heavy (non-hydrogen) atoms. The SMILES string of the molecule is CC(O)CC1C2CCCC(NC(=O)C(NC(=O)CNC(O)C(CC3=CCC=N3)OC(O)C(N)C(C)C)C(C)C)CC3=CNC[N+]321. The van der Waals surface area contributed by atoms with Crippen LogP contribution in [0.15, 0.2) is 28.7 Å². The number of nitrogens with one attached hydrogen (secondary N) is 4. The smallest absolute Gasteiger partial charge is 0.243 e. The topological polar surface area (TPSA) is 191 Å². The molecule has 2 fully saturated rings. The van der Waals surface area contributed by atoms with Gasteiger partial charge in [-0.2, -0.15) is 0 Å². The van der Waals surface area contributed by atoms with Crippen LogP contribution in [0.2, 0.25) is 0 Å². The lowest BCUT2D eigenvalue weighted by atomic mass is 9.98. The second kappa shape index (κ2) is 15.5. The van der Waals surface area contributed by atoms with Crippen molar-refractivity contribution in [2.75, 3.05) is 13.2 Å². The summed E-state index contributed by atoms with van der Waals surface area (Å²) in [5.74, 6) is -0.896. The number of carbonyl (C=O) groups is 2. The van der Waals surface area contributed by atoms with Crippen molar-refractivity contribution in [2.24, 2.45) is 22.6 Å². The van der Waals surface area contributed by atoms with Gasteiger partial charge in [-0.3, -0.25) is 24.4 Å². The molecule has 4 aliphatic heterocycles. The highest BCUT2D eigenvalue weighted by atomic mass is 16.6. The van der Waals surface area contributed by atoms with E-state index < -0.39 is 36.6 Å². The van der Waals surface area contributed by atoms with Crippen molar-refractivity contribution in [3.63, 3.8) is 0 Å². The van der Waals surface area contributed by atoms with E-state index >= 15 is 0 Å². The molecule has 0 aliphatic carbocycles. The van der Waals surface area contributed by atoms with Gasteiger partial charge in [0.2, 0.25) is 11.8 Å². The second-order valence-electron chi connectivity index (χ2n) is 13.9. The lowest BCUT2D eigenvalue weighted by molar-refractivity contribution is -0.785. The van der Waals surface area contributed by atoms with Gasteiger partial charge in [-0.1, -0.05) is 33.8 Å². The third-order valence-electron chi connectivity index (χ3n) is 9.76. The van der Waals surface area contributed by atoms with E-state index in [0.29, 0.717) is 24.2 Å². The maximum absolute atomic E-state index is 13.5. The van der Waals surface area contributed by atoms with Crippen molar-refractivity contribution < 1.29 is 34.1 Å². The van der Waals surface area contributed by atoms with E-state index in [-0.39, 0.29) is 42.9 Å². The Kier molecular flexibility index (Phi) is 12.2. The fourth-order valence-corrected chi connectivity index (χ4v) is 7.09. The molecule has 10 unspecified atom stereocenters. The van der Waals surface area contributed by atoms with Crippen LogP contribution in [0, 0.1) is 11.8 Å². The van der Waals surface area contributed by atoms with E-state index in [1.165, 1.54) is 5.70 Å². The molecule has 4 aliphatic rings. The summed E-state index contributed by atoms with van der Waals surface area (Å²) in [5.41, 5.74) is 8.04. The molecule has 0 bridgehead atoms. The summed E-state index contributed by atoms with van der Waals surface area (Å²) >= 11 is 0. The molecular formula is C32H56N7O6+. The minimum Gasteiger partial charge on any atom is -0.393 e. The van der Waals surface area contributed by atoms with E-state index in [4.69, 9.17) is 10.5 Å². The summed E-state index contributed by atoms with van der Waals surface area (Å²) in [5, 5.41) is 43.7. The van der Waals surface area contributed by atoms with Crippen LogP contribution in [-0.2, 0) is 14.3 Å². The summed E-state index contributed by atoms with van der Waals surface area (Å²) < 4.78 is 6.62. The number of amides is 2. The standard InChI is InChI=1S/C32H55N7O6/c1-18(2)28(33)32(44)45-26(14-21-9-7-11-35-21)30(42)36-16-27(41)38-29(19(3)4)31(43)37-22-8-6-10-24-25(12-20(5)40)39(24)17-34-15-23(39)13-22/h9,11,15,18-20,22,24-26,28-30,32,34,36,40,42,44H,6-8,10,12-14,16-17,33H2,1-5H3,(H-,37,38,41,43)/p+1. The number of aliphatic hydroxyl groups excluding tert-OH is 3. The number of allylic oxidation sites excluding steroid dienone is 1. The average Bonchev–Trinajstić information content (AvgIpc) is 3.32. The number of ether oxygens (including phenoxy) is 1. The van der Waals surface area contributed by atoms with E-state index in [2.05, 4.69) is 32.5 Å². The molecule has 1 spiro atoms. The van der Waals surface area contributed by atoms with E-state index in [1.54, 1.807) is 6.21 Å². The van der Waals surface area contributed by atoms with Gasteiger partial charge in [-0.05, 0) is 31.6 Å². The molecule has 13 heteroatoms. The van der Waals surface area contributed by atoms with E-state index in [9.17, 15) is 24.9 Å². The first-order valence-electron chi connectivity index (χ1n) is 16.6. The molecule has 4 heterocycles. The molecule has 2 saturated heterocycles. The van der Waals surface area contributed by atoms with Crippen molar-refractivity contribution in [3.05, 3.63) is 23.7 Å². The van der Waals surface area contributed by atoms with Crippen molar-refractivity contribution in [3.8, 4) is 0 Å². The van der Waals surface area contributed by atoms with Gasteiger partial charge in [0, 0.05) is 50.1 Å². The fraction of sp³-hybridized carbons (Fsp3) is 0.781. The van der Waals surface area contributed by atoms with Gasteiger partial charge in [0.25, 0.3) is 0 Å². The van der Waals surface area contributed by atoms with Crippen LogP contribution in [-0.4, -0.2) is 106 Å². The number of carbonyl (C=O) groups excluding carboxylic acids is 2. The highest BCUT2D eigenvalue weighted by Crippen LogP contribution is 2.53. The Bertz CT molecular complexity index is 1130. The fourth-order valence-electron chi connectivity index (χ4n) is 7.09. The Balaban J connectivity index is 1.31. The van der Waals surface area contributed by atoms with Gasteiger partial charge in [0.1, 0.15) is 30.1 Å². The number of nitrogens with zero attached hydrogens (tertiary/aromatic N) is 2. The molecular weight excluding hydrogens is 578 g/mol. The first-order chi connectivity index (χ1) is 21.3. The van der Waals surface area contributed by atoms with E-state index in [0.717, 1.165) is 43.3 Å². The summed E-state index contributed by atoms with van der Waals surface area (Å²) in [4.78, 5) is 30.8. The number of quaternary nitrogens is 1. The highest BCUT2D eigenvalue weighted by molar-refractivity contribution is 5.88. The number of aliphatic hydroxyl groups is 3. The van der Waals surface area contributed by atoms with E-state index in [1.807, 2.05) is 40.7 Å². The number of nitrogens with two attached hydrogens (primary N) is 1. The Morgan fingerprint density at radius 2 is 1.91 bits per heavy atom. The Morgan fingerprint density at radius 3 is 2.56 bits per heavy atom. The lowest BCUT2D eigenvalue weighted by Gasteiger charge is -2.30. The first-order valence-corrected chi connectivity index (χ1v) is 16.6. The molecule has 9 N–H and O–H groups in total. The van der Waals surface area contributed by atoms with Crippen LogP contribution in [0.5, 0.6) is 0 Å². The first kappa shape index (κ1) is 35.5. The van der Waals surface area contributed by atoms with Crippen LogP contribution in [0.1, 0.15) is 79.6 Å². The zero-order valence-corrected chi connectivity index (χ0v) is 27.5. The molecule has 254 valence electrons. The molecule has 13 nitrogen and oxygen atoms in total. The molecule has 10 atom stereocenters. The molecule has 0 aromatic heterocycles. The van der Waals surface area contributed by atoms with Gasteiger partial charge in [-0.25, -0.2) is 0 Å². The van der Waals surface area contributed by atoms with Crippen LogP contribution >= 0.6 is 0 Å². The Morgan fingerprint density at radius 1 is 1.16 bits per heavy atom. The highest BCUT2D eigenvalue weighted by Gasteiger charge is 2.69. The van der Waals surface area contributed by atoms with Crippen LogP contribution in [0.3, 0.4) is 0 Å². The van der Waals surface area contributed by atoms with Crippen molar-refractivity contribution in [1.82, 2.24) is 21.3 Å². The van der Waals surface area contributed by atoms with Gasteiger partial charge in [-0.15, -0.1) is 0 Å². The van der Waals surface area contributed by atoms with Crippen molar-refractivity contribution >= 4 is 18.0 Å². The zero-order valence-electron chi connectivity index (χ0n) is 27.5. The maximum Gasteiger partial charge on any atom is 0.243 e. The largest absolute Gasteiger partial charge is 0.393 e. The zero-order chi connectivity index (χ0) is 32.9. The van der Waals surface area contributed by atoms with Gasteiger partial charge in [0.05, 0.1) is 24.9 Å². The number of hydrogen-bond donors (Lipinski definition) is 8. The molecule has 0 aromatic rings. The predicted octanol–water partition coefficient (Wildman–Crippen LogP) is 0.270. The van der Waals surface area contributed by atoms with Crippen LogP contribution in [0.4, 0.5) is 0 Å². The number of hydrogen-bond acceptors (Lipinski definition) is 10. The van der Waals surface area contributed by atoms with Crippen molar-refractivity contribution in [2.45, 2.75) is 134 Å². The lowest BCUT2D eigenvalue weighted by Crippen LogP contribution is -2.55. The minimum absolute atomic E-state index is 0.0499. The number of rotatable bonds is 16. The monoisotopic (exact) mass is 634 g/mol. The van der Waals surface area contributed by atoms with Crippen LogP contribution < -0.4 is 27.0 Å². The second-order valence-corrected chi connectivity index (χ2v) is 13.9. The minimum atomic E-state index is -1.31. The summed E-state index contributed by atoms with van der Waals surface area (Å²) in [6.45, 7) is 9.92. The molecule has 0 aromatic carbocycles. The molecule has 0 saturated carbocycles. The molecule has 0 radical (unpaired) electrons. The third-order valence-corrected chi connectivity index (χ3v) is 9.76. The van der Waals surface area contributed by atoms with Gasteiger partial charge in [0.15, 0.2) is 19.0 Å². The average molecular weight is 635 g/mol. The Labute approximate surface area is 267 Å². The molecule has 2 amide bonds. The van der Waals surface area contributed by atoms with Gasteiger partial charge >= 0.3 is 0 Å². The summed E-state index contributed by atoms with van der Waals surface area (Å²) in [6.07, 6.45) is 7.17. The Hall–Kier alpha value is -2.39. The summed E-state index contributed by atoms with van der Waals surface area (Å²) in [6, 6.07) is -0.539. The quantitative estimate of drug-likeness (QED) is 0.0669. The molecule has 4 rings (SSSR count). The maximum atomic E-state index is 13.5. The van der Waals surface area contributed by atoms with Gasteiger partial charge < -0.3 is 41.7 Å². The number of aliphatic imine (C=N–C) groups is 1. The normalized spacial score (nSPS) is 29.6. The van der Waals surface area contributed by atoms with Crippen molar-refractivity contribution in [1.29, 1.82) is 0 Å². The predicted molar refractivity (Wildman–Crippen MR) is 171 cm³/mol. The van der Waals surface area contributed by atoms with Crippen LogP contribution in [0.25, 0.3) is 0 Å².